The fraction of sp³-hybridized carbons (Fsp3) is 0.190. The Bertz CT molecular complexity index is 1070. The van der Waals surface area contributed by atoms with E-state index in [1.807, 2.05) is 35.9 Å². The van der Waals surface area contributed by atoms with Crippen molar-refractivity contribution in [3.05, 3.63) is 65.9 Å². The number of carbonyl (C=O) groups excluding carboxylic acids is 3. The Morgan fingerprint density at radius 1 is 1.00 bits per heavy atom. The van der Waals surface area contributed by atoms with Gasteiger partial charge in [-0.05, 0) is 29.3 Å². The molecule has 1 aliphatic heterocycles. The van der Waals surface area contributed by atoms with Crippen molar-refractivity contribution in [2.75, 3.05) is 7.11 Å². The van der Waals surface area contributed by atoms with Gasteiger partial charge in [-0.3, -0.25) is 19.3 Å². The number of likely N-dealkylation sites (tertiary alicyclic amines) is 1. The second kappa shape index (κ2) is 6.39. The number of rotatable bonds is 4. The highest BCUT2D eigenvalue weighted by atomic mass is 16.5. The van der Waals surface area contributed by atoms with Gasteiger partial charge in [0.2, 0.25) is 11.7 Å². The Balaban J connectivity index is 1.68. The lowest BCUT2D eigenvalue weighted by Gasteiger charge is -2.14. The van der Waals surface area contributed by atoms with Gasteiger partial charge in [-0.2, -0.15) is 0 Å². The van der Waals surface area contributed by atoms with Crippen LogP contribution in [0.2, 0.25) is 0 Å². The molecule has 1 fully saturated rings. The number of para-hydroxylation sites is 1. The molecule has 2 heterocycles. The second-order valence-corrected chi connectivity index (χ2v) is 6.59. The van der Waals surface area contributed by atoms with Crippen LogP contribution in [-0.4, -0.2) is 34.2 Å². The molecule has 2 amide bonds. The summed E-state index contributed by atoms with van der Waals surface area (Å²) in [6.07, 6.45) is 1.76. The third-order valence-electron chi connectivity index (χ3n) is 4.97. The predicted octanol–water partition coefficient (Wildman–Crippen LogP) is 2.41. The summed E-state index contributed by atoms with van der Waals surface area (Å²) in [6.45, 7) is 0.0642. The molecule has 0 aliphatic carbocycles. The van der Waals surface area contributed by atoms with Crippen LogP contribution in [0.1, 0.15) is 17.0 Å². The number of imide groups is 1. The highest BCUT2D eigenvalue weighted by Gasteiger charge is 2.48. The minimum absolute atomic E-state index is 0.0642. The summed E-state index contributed by atoms with van der Waals surface area (Å²) in [5, 5.41) is 0.811. The molecule has 0 N–H and O–H groups in total. The van der Waals surface area contributed by atoms with Gasteiger partial charge in [0.25, 0.3) is 5.91 Å². The van der Waals surface area contributed by atoms with E-state index in [1.54, 1.807) is 37.6 Å². The van der Waals surface area contributed by atoms with Crippen LogP contribution < -0.4 is 4.74 Å². The normalized spacial score (nSPS) is 17.2. The van der Waals surface area contributed by atoms with E-state index < -0.39 is 23.5 Å². The molecule has 0 bridgehead atoms. The Morgan fingerprint density at radius 2 is 1.70 bits per heavy atom. The van der Waals surface area contributed by atoms with Gasteiger partial charge in [0.1, 0.15) is 11.7 Å². The molecule has 0 saturated carbocycles. The molecule has 1 aliphatic rings. The average Bonchev–Trinajstić information content (AvgIpc) is 3.12. The summed E-state index contributed by atoms with van der Waals surface area (Å²) >= 11 is 0. The minimum atomic E-state index is -1.08. The van der Waals surface area contributed by atoms with E-state index in [2.05, 4.69) is 0 Å². The monoisotopic (exact) mass is 362 g/mol. The van der Waals surface area contributed by atoms with Crippen LogP contribution in [0.25, 0.3) is 10.9 Å². The highest BCUT2D eigenvalue weighted by Crippen LogP contribution is 2.34. The van der Waals surface area contributed by atoms with Crippen molar-refractivity contribution in [1.29, 1.82) is 0 Å². The summed E-state index contributed by atoms with van der Waals surface area (Å²) < 4.78 is 6.98. The van der Waals surface area contributed by atoms with Crippen LogP contribution in [0.4, 0.5) is 0 Å². The van der Waals surface area contributed by atoms with Crippen molar-refractivity contribution in [3.8, 4) is 5.75 Å². The number of aryl methyl sites for hydroxylation is 1. The van der Waals surface area contributed by atoms with Crippen molar-refractivity contribution in [3.63, 3.8) is 0 Å². The average molecular weight is 362 g/mol. The first-order valence-corrected chi connectivity index (χ1v) is 8.57. The Labute approximate surface area is 155 Å². The fourth-order valence-corrected chi connectivity index (χ4v) is 3.57. The number of amides is 2. The highest BCUT2D eigenvalue weighted by molar-refractivity contribution is 6.50. The van der Waals surface area contributed by atoms with E-state index >= 15 is 0 Å². The summed E-state index contributed by atoms with van der Waals surface area (Å²) in [7, 11) is 3.42. The molecule has 6 heteroatoms. The first-order chi connectivity index (χ1) is 13.0. The molecule has 1 aromatic heterocycles. The molecule has 4 rings (SSSR count). The van der Waals surface area contributed by atoms with E-state index in [-0.39, 0.29) is 6.54 Å². The smallest absolute Gasteiger partial charge is 0.298 e. The van der Waals surface area contributed by atoms with Gasteiger partial charge >= 0.3 is 0 Å². The van der Waals surface area contributed by atoms with Crippen molar-refractivity contribution in [2.45, 2.75) is 12.5 Å². The minimum Gasteiger partial charge on any atom is -0.497 e. The molecular formula is C21H18N2O4. The van der Waals surface area contributed by atoms with Crippen LogP contribution in [0.15, 0.2) is 54.7 Å². The van der Waals surface area contributed by atoms with E-state index in [9.17, 15) is 14.4 Å². The third kappa shape index (κ3) is 2.70. The largest absolute Gasteiger partial charge is 0.497 e. The number of aromatic nitrogens is 1. The van der Waals surface area contributed by atoms with Crippen LogP contribution >= 0.6 is 0 Å². The van der Waals surface area contributed by atoms with Crippen molar-refractivity contribution in [2.24, 2.45) is 7.05 Å². The van der Waals surface area contributed by atoms with Crippen molar-refractivity contribution >= 4 is 28.5 Å². The molecule has 1 unspecified atom stereocenters. The molecule has 0 spiro atoms. The van der Waals surface area contributed by atoms with Crippen LogP contribution in [0.3, 0.4) is 0 Å². The maximum absolute atomic E-state index is 13.0. The number of benzene rings is 2. The maximum Gasteiger partial charge on any atom is 0.298 e. The number of nitrogens with zero attached hydrogens (tertiary/aromatic N) is 2. The molecule has 0 radical (unpaired) electrons. The molecule has 1 saturated heterocycles. The topological polar surface area (TPSA) is 68.6 Å². The number of carbonyl (C=O) groups is 3. The van der Waals surface area contributed by atoms with Crippen LogP contribution in [0, 0.1) is 0 Å². The van der Waals surface area contributed by atoms with E-state index in [0.29, 0.717) is 11.3 Å². The SMILES string of the molecule is COc1ccc(CN2C(=O)C(=O)C(c3cn(C)c4ccccc34)C2=O)cc1. The van der Waals surface area contributed by atoms with Gasteiger partial charge in [0.15, 0.2) is 0 Å². The number of methoxy groups -OCH3 is 1. The van der Waals surface area contributed by atoms with Crippen molar-refractivity contribution < 1.29 is 19.1 Å². The number of fused-ring (bicyclic) bond motifs is 1. The third-order valence-corrected chi connectivity index (χ3v) is 4.97. The van der Waals surface area contributed by atoms with Crippen molar-refractivity contribution in [1.82, 2.24) is 9.47 Å². The summed E-state index contributed by atoms with van der Waals surface area (Å²) in [4.78, 5) is 39.1. The van der Waals surface area contributed by atoms with Gasteiger partial charge in [-0.15, -0.1) is 0 Å². The molecule has 3 aromatic rings. The first-order valence-electron chi connectivity index (χ1n) is 8.57. The molecule has 136 valence electrons. The molecular weight excluding hydrogens is 344 g/mol. The lowest BCUT2D eigenvalue weighted by molar-refractivity contribution is -0.143. The fourth-order valence-electron chi connectivity index (χ4n) is 3.57. The van der Waals surface area contributed by atoms with Crippen LogP contribution in [-0.2, 0) is 28.0 Å². The quantitative estimate of drug-likeness (QED) is 0.406. The van der Waals surface area contributed by atoms with Gasteiger partial charge < -0.3 is 9.30 Å². The van der Waals surface area contributed by atoms with Crippen LogP contribution in [0.5, 0.6) is 5.75 Å². The predicted molar refractivity (Wildman–Crippen MR) is 99.2 cm³/mol. The number of hydrogen-bond acceptors (Lipinski definition) is 4. The molecule has 27 heavy (non-hydrogen) atoms. The maximum atomic E-state index is 13.0. The first kappa shape index (κ1) is 17.0. The lowest BCUT2D eigenvalue weighted by atomic mass is 9.96. The number of ketones is 1. The lowest BCUT2D eigenvalue weighted by Crippen LogP contribution is -2.30. The molecule has 2 aromatic carbocycles. The van der Waals surface area contributed by atoms with E-state index in [0.717, 1.165) is 21.4 Å². The zero-order chi connectivity index (χ0) is 19.1. The standard InChI is InChI=1S/C21H18N2O4/c1-22-12-16(15-5-3-4-6-17(15)22)18-19(24)21(26)23(20(18)25)11-13-7-9-14(27-2)10-8-13/h3-10,12,18H,11H2,1-2H3. The Morgan fingerprint density at radius 3 is 2.41 bits per heavy atom. The zero-order valence-corrected chi connectivity index (χ0v) is 15.0. The number of Topliss-reactive ketones (excluding diaryl/α,β-unsaturated/α-hetero) is 1. The molecule has 1 atom stereocenters. The van der Waals surface area contributed by atoms with E-state index in [4.69, 9.17) is 4.74 Å². The van der Waals surface area contributed by atoms with Gasteiger partial charge in [0.05, 0.1) is 13.7 Å². The number of ether oxygens (including phenoxy) is 1. The van der Waals surface area contributed by atoms with Gasteiger partial charge in [-0.1, -0.05) is 30.3 Å². The molecule has 6 nitrogen and oxygen atoms in total. The van der Waals surface area contributed by atoms with Gasteiger partial charge in [0, 0.05) is 24.1 Å². The van der Waals surface area contributed by atoms with Gasteiger partial charge in [-0.25, -0.2) is 0 Å². The summed E-state index contributed by atoms with van der Waals surface area (Å²) in [6, 6.07) is 14.6. The number of hydrogen-bond donors (Lipinski definition) is 0. The summed E-state index contributed by atoms with van der Waals surface area (Å²) in [5.41, 5.74) is 2.24. The summed E-state index contributed by atoms with van der Waals surface area (Å²) in [5.74, 6) is -2.31. The Hall–Kier alpha value is -3.41. The van der Waals surface area contributed by atoms with E-state index in [1.165, 1.54) is 0 Å². The second-order valence-electron chi connectivity index (χ2n) is 6.59. The zero-order valence-electron chi connectivity index (χ0n) is 15.0. The Kier molecular flexibility index (Phi) is 4.03.